The molecule has 0 saturated carbocycles. The highest BCUT2D eigenvalue weighted by Gasteiger charge is 2.24. The van der Waals surface area contributed by atoms with Crippen molar-refractivity contribution < 1.29 is 9.53 Å². The fraction of sp³-hybridized carbons (Fsp3) is 0.476. The summed E-state index contributed by atoms with van der Waals surface area (Å²) >= 11 is 0. The van der Waals surface area contributed by atoms with Crippen LogP contribution in [0.2, 0.25) is 0 Å². The zero-order chi connectivity index (χ0) is 21.7. The molecular formula is C21H29N5O4. The number of nitrogens with zero attached hydrogens (tertiary/aromatic N) is 3. The third-order valence-corrected chi connectivity index (χ3v) is 5.17. The van der Waals surface area contributed by atoms with Gasteiger partial charge in [-0.3, -0.25) is 14.2 Å². The Labute approximate surface area is 175 Å². The van der Waals surface area contributed by atoms with Gasteiger partial charge >= 0.3 is 5.69 Å². The van der Waals surface area contributed by atoms with Gasteiger partial charge in [-0.05, 0) is 30.5 Å². The minimum atomic E-state index is -0.576. The van der Waals surface area contributed by atoms with Crippen molar-refractivity contribution in [3.63, 3.8) is 0 Å². The number of hydrogen-bond donors (Lipinski definition) is 2. The summed E-state index contributed by atoms with van der Waals surface area (Å²) < 4.78 is 7.69. The molecule has 0 spiro atoms. The Morgan fingerprint density at radius 1 is 1.10 bits per heavy atom. The molecule has 1 aromatic heterocycles. The van der Waals surface area contributed by atoms with Gasteiger partial charge in [-0.15, -0.1) is 0 Å². The molecule has 9 nitrogen and oxygen atoms in total. The van der Waals surface area contributed by atoms with Gasteiger partial charge in [0, 0.05) is 25.3 Å². The third-order valence-electron chi connectivity index (χ3n) is 5.17. The molecule has 3 rings (SSSR count). The first kappa shape index (κ1) is 21.6. The molecule has 0 atom stereocenters. The first-order valence-electron chi connectivity index (χ1n) is 10.3. The normalized spacial score (nSPS) is 14.0. The van der Waals surface area contributed by atoms with Crippen molar-refractivity contribution in [1.29, 1.82) is 0 Å². The van der Waals surface area contributed by atoms with Crippen LogP contribution in [0.15, 0.2) is 33.9 Å². The highest BCUT2D eigenvalue weighted by Crippen LogP contribution is 2.18. The van der Waals surface area contributed by atoms with Gasteiger partial charge in [-0.2, -0.15) is 0 Å². The van der Waals surface area contributed by atoms with Crippen LogP contribution < -0.4 is 27.2 Å². The maximum atomic E-state index is 13.1. The van der Waals surface area contributed by atoms with E-state index in [1.54, 1.807) is 12.1 Å². The molecule has 2 aromatic rings. The summed E-state index contributed by atoms with van der Waals surface area (Å²) in [4.78, 5) is 40.5. The predicted molar refractivity (Wildman–Crippen MR) is 117 cm³/mol. The molecule has 2 heterocycles. The van der Waals surface area contributed by atoms with Gasteiger partial charge in [-0.1, -0.05) is 26.0 Å². The van der Waals surface area contributed by atoms with E-state index in [0.29, 0.717) is 45.0 Å². The average Bonchev–Trinajstić information content (AvgIpc) is 2.75. The zero-order valence-corrected chi connectivity index (χ0v) is 17.5. The Morgan fingerprint density at radius 3 is 2.37 bits per heavy atom. The van der Waals surface area contributed by atoms with Crippen molar-refractivity contribution in [3.05, 3.63) is 50.7 Å². The molecule has 1 fully saturated rings. The van der Waals surface area contributed by atoms with Crippen molar-refractivity contribution in [2.24, 2.45) is 0 Å². The summed E-state index contributed by atoms with van der Waals surface area (Å²) in [5.74, 6) is -0.306. The number of nitrogens with one attached hydrogen (secondary N) is 1. The van der Waals surface area contributed by atoms with Gasteiger partial charge in [-0.25, -0.2) is 9.36 Å². The molecule has 3 N–H and O–H groups in total. The number of nitrogens with two attached hydrogens (primary N) is 1. The molecule has 0 aliphatic carbocycles. The zero-order valence-electron chi connectivity index (χ0n) is 17.5. The number of morpholine rings is 1. The number of carbonyl (C=O) groups excluding carboxylic acids is 1. The highest BCUT2D eigenvalue weighted by molar-refractivity contribution is 5.90. The summed E-state index contributed by atoms with van der Waals surface area (Å²) in [6, 6.07) is 7.46. The summed E-state index contributed by atoms with van der Waals surface area (Å²) in [6.45, 7) is 5.90. The van der Waals surface area contributed by atoms with E-state index in [4.69, 9.17) is 10.5 Å². The lowest BCUT2D eigenvalue weighted by Crippen LogP contribution is -2.48. The van der Waals surface area contributed by atoms with Gasteiger partial charge in [0.25, 0.3) is 5.56 Å². The minimum Gasteiger partial charge on any atom is -0.383 e. The van der Waals surface area contributed by atoms with E-state index in [2.05, 4.69) is 12.2 Å². The van der Waals surface area contributed by atoms with E-state index in [1.165, 1.54) is 4.57 Å². The van der Waals surface area contributed by atoms with Crippen LogP contribution in [-0.4, -0.2) is 41.3 Å². The summed E-state index contributed by atoms with van der Waals surface area (Å²) in [7, 11) is 0. The van der Waals surface area contributed by atoms with Gasteiger partial charge in [0.05, 0.1) is 13.2 Å². The fourth-order valence-corrected chi connectivity index (χ4v) is 3.53. The Hall–Kier alpha value is -3.07. The number of amides is 1. The van der Waals surface area contributed by atoms with Crippen LogP contribution in [0.25, 0.3) is 0 Å². The van der Waals surface area contributed by atoms with Crippen LogP contribution in [0.3, 0.4) is 0 Å². The number of carbonyl (C=O) groups is 1. The third kappa shape index (κ3) is 4.56. The monoisotopic (exact) mass is 415 g/mol. The topological polar surface area (TPSA) is 112 Å². The Balaban J connectivity index is 1.93. The van der Waals surface area contributed by atoms with Crippen LogP contribution in [0.1, 0.15) is 25.8 Å². The van der Waals surface area contributed by atoms with E-state index >= 15 is 0 Å². The Kier molecular flexibility index (Phi) is 6.94. The highest BCUT2D eigenvalue weighted by atomic mass is 16.5. The number of benzene rings is 1. The lowest BCUT2D eigenvalue weighted by atomic mass is 10.1. The van der Waals surface area contributed by atoms with Gasteiger partial charge in [0.15, 0.2) is 0 Å². The first-order chi connectivity index (χ1) is 14.5. The number of nitrogen functional groups attached to an aromatic ring is 1. The van der Waals surface area contributed by atoms with Crippen molar-refractivity contribution in [1.82, 2.24) is 9.13 Å². The molecule has 0 radical (unpaired) electrons. The summed E-state index contributed by atoms with van der Waals surface area (Å²) in [6.07, 6.45) is 1.57. The molecule has 162 valence electrons. The van der Waals surface area contributed by atoms with Gasteiger partial charge < -0.3 is 20.7 Å². The molecule has 1 amide bonds. The maximum Gasteiger partial charge on any atom is 0.333 e. The standard InChI is InChI=1S/C21H29N5O4/c1-3-9-25-19(22)18(24-10-12-30-13-11-24)20(28)26(21(25)29)14-17(27)23-16-7-5-15(4-2)6-8-16/h5-8H,3-4,9-14,22H2,1-2H3,(H,23,27). The number of aromatic nitrogens is 2. The number of rotatable bonds is 7. The maximum absolute atomic E-state index is 13.1. The van der Waals surface area contributed by atoms with Crippen LogP contribution in [0.4, 0.5) is 17.2 Å². The van der Waals surface area contributed by atoms with E-state index < -0.39 is 17.2 Å². The number of aryl methyl sites for hydroxylation is 1. The minimum absolute atomic E-state index is 0.139. The van der Waals surface area contributed by atoms with Crippen molar-refractivity contribution >= 4 is 23.1 Å². The second-order valence-corrected chi connectivity index (χ2v) is 7.26. The second-order valence-electron chi connectivity index (χ2n) is 7.26. The lowest BCUT2D eigenvalue weighted by Gasteiger charge is -2.30. The molecule has 0 unspecified atom stereocenters. The van der Waals surface area contributed by atoms with Crippen molar-refractivity contribution in [2.45, 2.75) is 39.8 Å². The van der Waals surface area contributed by atoms with Gasteiger partial charge in [0.1, 0.15) is 18.1 Å². The fourth-order valence-electron chi connectivity index (χ4n) is 3.53. The van der Waals surface area contributed by atoms with Crippen LogP contribution in [0.5, 0.6) is 0 Å². The van der Waals surface area contributed by atoms with E-state index in [9.17, 15) is 14.4 Å². The average molecular weight is 415 g/mol. The van der Waals surface area contributed by atoms with Crippen molar-refractivity contribution in [3.8, 4) is 0 Å². The first-order valence-corrected chi connectivity index (χ1v) is 10.3. The Bertz CT molecular complexity index is 1000. The number of ether oxygens (including phenoxy) is 1. The molecular weight excluding hydrogens is 386 g/mol. The number of hydrogen-bond acceptors (Lipinski definition) is 6. The van der Waals surface area contributed by atoms with E-state index in [0.717, 1.165) is 16.6 Å². The molecule has 1 aromatic carbocycles. The van der Waals surface area contributed by atoms with E-state index in [1.807, 2.05) is 24.0 Å². The summed E-state index contributed by atoms with van der Waals surface area (Å²) in [5.41, 5.74) is 7.11. The van der Waals surface area contributed by atoms with E-state index in [-0.39, 0.29) is 18.1 Å². The molecule has 1 saturated heterocycles. The molecule has 0 bridgehead atoms. The van der Waals surface area contributed by atoms with Gasteiger partial charge in [0.2, 0.25) is 5.91 Å². The largest absolute Gasteiger partial charge is 0.383 e. The quantitative estimate of drug-likeness (QED) is 0.699. The summed E-state index contributed by atoms with van der Waals surface area (Å²) in [5, 5.41) is 2.75. The molecule has 1 aliphatic heterocycles. The van der Waals surface area contributed by atoms with Crippen molar-refractivity contribution in [2.75, 3.05) is 42.3 Å². The number of anilines is 3. The SMILES string of the molecule is CCCn1c(N)c(N2CCOCC2)c(=O)n(CC(=O)Nc2ccc(CC)cc2)c1=O. The predicted octanol–water partition coefficient (Wildman–Crippen LogP) is 1.04. The molecule has 1 aliphatic rings. The van der Waals surface area contributed by atoms with Crippen LogP contribution >= 0.6 is 0 Å². The lowest BCUT2D eigenvalue weighted by molar-refractivity contribution is -0.116. The second kappa shape index (κ2) is 9.62. The smallest absolute Gasteiger partial charge is 0.333 e. The Morgan fingerprint density at radius 2 is 1.77 bits per heavy atom. The molecule has 9 heteroatoms. The van der Waals surface area contributed by atoms with Crippen LogP contribution in [-0.2, 0) is 29.0 Å². The molecule has 30 heavy (non-hydrogen) atoms. The van der Waals surface area contributed by atoms with Crippen LogP contribution in [0, 0.1) is 0 Å².